The SMILES string of the molecule is O=[PH](O)O.Oc1ccc(C(c2ccc(O)cc2)c2ccc(O)cc2)cc1. The van der Waals surface area contributed by atoms with Gasteiger partial charge in [0.05, 0.1) is 0 Å². The van der Waals surface area contributed by atoms with Crippen LogP contribution in [0.25, 0.3) is 0 Å². The lowest BCUT2D eigenvalue weighted by Crippen LogP contribution is -2.03. The number of hydrogen-bond donors (Lipinski definition) is 5. The molecule has 6 nitrogen and oxygen atoms in total. The Bertz CT molecular complexity index is 733. The molecule has 0 amide bonds. The summed E-state index contributed by atoms with van der Waals surface area (Å²) in [5.41, 5.74) is 3.07. The van der Waals surface area contributed by atoms with E-state index in [0.717, 1.165) is 16.7 Å². The normalized spacial score (nSPS) is 10.5. The third-order valence-electron chi connectivity index (χ3n) is 3.68. The van der Waals surface area contributed by atoms with Crippen LogP contribution in [-0.2, 0) is 4.57 Å². The molecule has 26 heavy (non-hydrogen) atoms. The second kappa shape index (κ2) is 9.06. The molecule has 0 bridgehead atoms. The van der Waals surface area contributed by atoms with Crippen molar-refractivity contribution in [2.24, 2.45) is 0 Å². The van der Waals surface area contributed by atoms with Crippen molar-refractivity contribution in [3.8, 4) is 17.2 Å². The van der Waals surface area contributed by atoms with E-state index < -0.39 is 8.25 Å². The lowest BCUT2D eigenvalue weighted by Gasteiger charge is -2.19. The Kier molecular flexibility index (Phi) is 6.81. The maximum atomic E-state index is 9.49. The molecule has 0 radical (unpaired) electrons. The van der Waals surface area contributed by atoms with E-state index in [1.54, 1.807) is 36.4 Å². The number of rotatable bonds is 3. The van der Waals surface area contributed by atoms with E-state index in [2.05, 4.69) is 0 Å². The molecule has 3 rings (SSSR count). The molecule has 0 unspecified atom stereocenters. The van der Waals surface area contributed by atoms with Crippen LogP contribution in [0.2, 0.25) is 0 Å². The molecule has 0 fully saturated rings. The third kappa shape index (κ3) is 5.63. The van der Waals surface area contributed by atoms with Crippen molar-refractivity contribution >= 4 is 8.25 Å². The molecule has 0 saturated heterocycles. The summed E-state index contributed by atoms with van der Waals surface area (Å²) in [6.45, 7) is 0. The highest BCUT2D eigenvalue weighted by Gasteiger charge is 2.16. The summed E-state index contributed by atoms with van der Waals surface area (Å²) in [4.78, 5) is 14.3. The minimum Gasteiger partial charge on any atom is -0.508 e. The van der Waals surface area contributed by atoms with Gasteiger partial charge in [0, 0.05) is 5.92 Å². The molecule has 3 aromatic carbocycles. The Labute approximate surface area is 151 Å². The number of hydrogen-bond acceptors (Lipinski definition) is 4. The first-order chi connectivity index (χ1) is 12.4. The minimum absolute atomic E-state index is 0.0400. The number of benzene rings is 3. The summed E-state index contributed by atoms with van der Waals surface area (Å²) in [7, 11) is -3.13. The highest BCUT2D eigenvalue weighted by Crippen LogP contribution is 2.34. The Hall–Kier alpha value is -2.79. The topological polar surface area (TPSA) is 118 Å². The van der Waals surface area contributed by atoms with Crippen LogP contribution in [0.4, 0.5) is 0 Å². The van der Waals surface area contributed by atoms with Crippen LogP contribution in [0.5, 0.6) is 17.2 Å². The van der Waals surface area contributed by atoms with Gasteiger partial charge < -0.3 is 25.1 Å². The predicted octanol–water partition coefficient (Wildman–Crippen LogP) is 3.34. The summed E-state index contributed by atoms with van der Waals surface area (Å²) < 4.78 is 8.74. The van der Waals surface area contributed by atoms with Crippen LogP contribution in [0.1, 0.15) is 22.6 Å². The van der Waals surface area contributed by atoms with Gasteiger partial charge in [0.25, 0.3) is 0 Å². The second-order valence-electron chi connectivity index (χ2n) is 5.49. The summed E-state index contributed by atoms with van der Waals surface area (Å²) in [6.07, 6.45) is 0. The lowest BCUT2D eigenvalue weighted by molar-refractivity contribution is 0.405. The largest absolute Gasteiger partial charge is 0.508 e. The summed E-state index contributed by atoms with van der Waals surface area (Å²) >= 11 is 0. The molecule has 0 atom stereocenters. The zero-order valence-corrected chi connectivity index (χ0v) is 14.6. The molecule has 136 valence electrons. The fourth-order valence-corrected chi connectivity index (χ4v) is 2.58. The van der Waals surface area contributed by atoms with Crippen molar-refractivity contribution in [3.63, 3.8) is 0 Å². The number of phenols is 3. The molecule has 7 heteroatoms. The van der Waals surface area contributed by atoms with E-state index in [9.17, 15) is 15.3 Å². The van der Waals surface area contributed by atoms with Crippen molar-refractivity contribution < 1.29 is 29.7 Å². The maximum Gasteiger partial charge on any atom is 0.314 e. The van der Waals surface area contributed by atoms with Crippen LogP contribution in [0.15, 0.2) is 72.8 Å². The fraction of sp³-hybridized carbons (Fsp3) is 0.0526. The number of aromatic hydroxyl groups is 3. The average Bonchev–Trinajstić information content (AvgIpc) is 2.60. The van der Waals surface area contributed by atoms with E-state index in [1.165, 1.54) is 0 Å². The molecule has 0 spiro atoms. The predicted molar refractivity (Wildman–Crippen MR) is 98.7 cm³/mol. The molecule has 0 aliphatic rings. The van der Waals surface area contributed by atoms with Crippen LogP contribution < -0.4 is 0 Å². The quantitative estimate of drug-likeness (QED) is 0.354. The molecular formula is C19H19O6P. The molecular weight excluding hydrogens is 355 g/mol. The van der Waals surface area contributed by atoms with Gasteiger partial charge in [-0.1, -0.05) is 36.4 Å². The molecule has 0 heterocycles. The van der Waals surface area contributed by atoms with Crippen molar-refractivity contribution in [3.05, 3.63) is 89.5 Å². The van der Waals surface area contributed by atoms with Crippen LogP contribution in [0, 0.1) is 0 Å². The molecule has 0 aliphatic carbocycles. The van der Waals surface area contributed by atoms with Crippen molar-refractivity contribution in [1.82, 2.24) is 0 Å². The lowest BCUT2D eigenvalue weighted by atomic mass is 9.85. The Morgan fingerprint density at radius 1 is 0.538 bits per heavy atom. The van der Waals surface area contributed by atoms with Gasteiger partial charge in [-0.15, -0.1) is 0 Å². The van der Waals surface area contributed by atoms with E-state index >= 15 is 0 Å². The summed E-state index contributed by atoms with van der Waals surface area (Å²) in [5, 5.41) is 28.5. The van der Waals surface area contributed by atoms with Gasteiger partial charge in [-0.05, 0) is 53.1 Å². The highest BCUT2D eigenvalue weighted by molar-refractivity contribution is 7.30. The van der Waals surface area contributed by atoms with Crippen LogP contribution in [0.3, 0.4) is 0 Å². The zero-order valence-electron chi connectivity index (χ0n) is 13.6. The Morgan fingerprint density at radius 2 is 0.731 bits per heavy atom. The van der Waals surface area contributed by atoms with E-state index in [-0.39, 0.29) is 23.2 Å². The molecule has 0 aromatic heterocycles. The van der Waals surface area contributed by atoms with Crippen molar-refractivity contribution in [1.29, 1.82) is 0 Å². The van der Waals surface area contributed by atoms with Crippen LogP contribution in [-0.4, -0.2) is 25.1 Å². The van der Waals surface area contributed by atoms with Crippen molar-refractivity contribution in [2.45, 2.75) is 5.92 Å². The van der Waals surface area contributed by atoms with Gasteiger partial charge in [-0.3, -0.25) is 4.57 Å². The average molecular weight is 374 g/mol. The zero-order chi connectivity index (χ0) is 19.1. The Morgan fingerprint density at radius 3 is 0.923 bits per heavy atom. The summed E-state index contributed by atoms with van der Waals surface area (Å²) in [5.74, 6) is 0.624. The van der Waals surface area contributed by atoms with E-state index in [0.29, 0.717) is 0 Å². The summed E-state index contributed by atoms with van der Waals surface area (Å²) in [6, 6.07) is 21.2. The third-order valence-corrected chi connectivity index (χ3v) is 3.68. The molecule has 0 saturated carbocycles. The first-order valence-electron chi connectivity index (χ1n) is 7.65. The fourth-order valence-electron chi connectivity index (χ4n) is 2.58. The Balaban J connectivity index is 0.000000552. The first-order valence-corrected chi connectivity index (χ1v) is 8.95. The maximum absolute atomic E-state index is 9.49. The molecule has 0 aliphatic heterocycles. The van der Waals surface area contributed by atoms with Gasteiger partial charge >= 0.3 is 8.25 Å². The van der Waals surface area contributed by atoms with Gasteiger partial charge in [-0.25, -0.2) is 0 Å². The van der Waals surface area contributed by atoms with Gasteiger partial charge in [-0.2, -0.15) is 0 Å². The van der Waals surface area contributed by atoms with E-state index in [1.807, 2.05) is 36.4 Å². The second-order valence-corrected chi connectivity index (χ2v) is 6.06. The van der Waals surface area contributed by atoms with Gasteiger partial charge in [0.1, 0.15) is 17.2 Å². The smallest absolute Gasteiger partial charge is 0.314 e. The van der Waals surface area contributed by atoms with Crippen LogP contribution >= 0.6 is 8.25 Å². The van der Waals surface area contributed by atoms with Gasteiger partial charge in [0.2, 0.25) is 0 Å². The first kappa shape index (κ1) is 19.5. The molecule has 3 aromatic rings. The molecule has 5 N–H and O–H groups in total. The standard InChI is InChI=1S/C19H16O3.H3O3P/c20-16-7-1-13(2-8-16)19(14-3-9-17(21)10-4-14)15-5-11-18(22)12-6-15;1-4(2)3/h1-12,19-22H;4H,(H2,1,2,3). The monoisotopic (exact) mass is 374 g/mol. The van der Waals surface area contributed by atoms with Gasteiger partial charge in [0.15, 0.2) is 0 Å². The number of phenolic OH excluding ortho intramolecular Hbond substituents is 3. The highest BCUT2D eigenvalue weighted by atomic mass is 31.1. The van der Waals surface area contributed by atoms with Crippen molar-refractivity contribution in [2.75, 3.05) is 0 Å². The minimum atomic E-state index is -3.13. The van der Waals surface area contributed by atoms with E-state index in [4.69, 9.17) is 14.4 Å².